The van der Waals surface area contributed by atoms with E-state index in [9.17, 15) is 18.0 Å². The molecular weight excluding hydrogens is 520 g/mol. The van der Waals surface area contributed by atoms with Crippen LogP contribution >= 0.6 is 46.4 Å². The van der Waals surface area contributed by atoms with Gasteiger partial charge in [-0.05, 0) is 42.8 Å². The van der Waals surface area contributed by atoms with Crippen LogP contribution in [0.2, 0.25) is 20.1 Å². The first-order valence-corrected chi connectivity index (χ1v) is 12.6. The Balaban J connectivity index is 2.44. The monoisotopic (exact) mass is 539 g/mol. The van der Waals surface area contributed by atoms with Crippen LogP contribution in [0.5, 0.6) is 0 Å². The molecule has 0 aliphatic heterocycles. The largest absolute Gasteiger partial charge is 0.357 e. The van der Waals surface area contributed by atoms with Crippen LogP contribution in [-0.2, 0) is 26.2 Å². The molecular formula is C20H21Cl4N3O4S. The first-order chi connectivity index (χ1) is 14.8. The van der Waals surface area contributed by atoms with Gasteiger partial charge in [0.2, 0.25) is 21.8 Å². The summed E-state index contributed by atoms with van der Waals surface area (Å²) >= 11 is 24.2. The molecule has 1 atom stereocenters. The van der Waals surface area contributed by atoms with Crippen molar-refractivity contribution in [3.05, 3.63) is 62.1 Å². The molecule has 0 spiro atoms. The van der Waals surface area contributed by atoms with Crippen LogP contribution in [0.1, 0.15) is 12.5 Å². The zero-order valence-corrected chi connectivity index (χ0v) is 21.2. The number of nitrogens with zero attached hydrogens (tertiary/aromatic N) is 2. The number of sulfonamides is 1. The zero-order chi connectivity index (χ0) is 24.2. The predicted molar refractivity (Wildman–Crippen MR) is 129 cm³/mol. The third-order valence-electron chi connectivity index (χ3n) is 4.61. The number of hydrogen-bond donors (Lipinski definition) is 1. The Morgan fingerprint density at radius 3 is 2.19 bits per heavy atom. The summed E-state index contributed by atoms with van der Waals surface area (Å²) in [4.78, 5) is 26.8. The van der Waals surface area contributed by atoms with E-state index >= 15 is 0 Å². The number of rotatable bonds is 8. The Labute approximate surface area is 207 Å². The standard InChI is InChI=1S/C20H21Cl4N3O4S/c1-12(20(29)25-2)26(10-13-4-6-15(22)17(24)8-13)19(28)11-27(32(3,30)31)18-9-14(21)5-7-16(18)23/h4-9,12H,10-11H2,1-3H3,(H,25,29). The number of carbonyl (C=O) groups excluding carboxylic acids is 2. The van der Waals surface area contributed by atoms with Gasteiger partial charge in [0.1, 0.15) is 12.6 Å². The molecule has 1 unspecified atom stereocenters. The van der Waals surface area contributed by atoms with Gasteiger partial charge in [0.25, 0.3) is 0 Å². The number of hydrogen-bond acceptors (Lipinski definition) is 4. The molecule has 174 valence electrons. The van der Waals surface area contributed by atoms with Gasteiger partial charge in [-0.25, -0.2) is 8.42 Å². The molecule has 0 radical (unpaired) electrons. The lowest BCUT2D eigenvalue weighted by atomic mass is 10.1. The molecule has 0 heterocycles. The Bertz CT molecular complexity index is 1130. The van der Waals surface area contributed by atoms with Crippen molar-refractivity contribution >= 4 is 73.9 Å². The number of anilines is 1. The maximum atomic E-state index is 13.3. The molecule has 1 N–H and O–H groups in total. The van der Waals surface area contributed by atoms with Gasteiger partial charge >= 0.3 is 0 Å². The van der Waals surface area contributed by atoms with Gasteiger partial charge in [0.05, 0.1) is 27.0 Å². The van der Waals surface area contributed by atoms with Crippen LogP contribution in [0, 0.1) is 0 Å². The fourth-order valence-electron chi connectivity index (χ4n) is 2.90. The van der Waals surface area contributed by atoms with Crippen molar-refractivity contribution in [2.45, 2.75) is 19.5 Å². The Morgan fingerprint density at radius 2 is 1.62 bits per heavy atom. The van der Waals surface area contributed by atoms with E-state index in [1.807, 2.05) is 0 Å². The maximum absolute atomic E-state index is 13.3. The molecule has 0 aliphatic carbocycles. The van der Waals surface area contributed by atoms with E-state index in [2.05, 4.69) is 5.32 Å². The van der Waals surface area contributed by atoms with Crippen LogP contribution in [0.4, 0.5) is 5.69 Å². The first kappa shape index (κ1) is 26.5. The van der Waals surface area contributed by atoms with Crippen molar-refractivity contribution in [1.82, 2.24) is 10.2 Å². The minimum absolute atomic E-state index is 0.00874. The van der Waals surface area contributed by atoms with Crippen LogP contribution in [0.25, 0.3) is 0 Å². The summed E-state index contributed by atoms with van der Waals surface area (Å²) in [5, 5.41) is 3.46. The van der Waals surface area contributed by atoms with Crippen molar-refractivity contribution in [1.29, 1.82) is 0 Å². The summed E-state index contributed by atoms with van der Waals surface area (Å²) in [7, 11) is -2.48. The molecule has 2 aromatic carbocycles. The van der Waals surface area contributed by atoms with Crippen molar-refractivity contribution in [3.8, 4) is 0 Å². The fourth-order valence-corrected chi connectivity index (χ4v) is 4.51. The highest BCUT2D eigenvalue weighted by molar-refractivity contribution is 7.92. The summed E-state index contributed by atoms with van der Waals surface area (Å²) in [5.41, 5.74) is 0.660. The van der Waals surface area contributed by atoms with Crippen LogP contribution in [0.15, 0.2) is 36.4 Å². The van der Waals surface area contributed by atoms with Gasteiger partial charge in [0, 0.05) is 18.6 Å². The molecule has 7 nitrogen and oxygen atoms in total. The van der Waals surface area contributed by atoms with Gasteiger partial charge < -0.3 is 10.2 Å². The van der Waals surface area contributed by atoms with E-state index < -0.39 is 34.4 Å². The third-order valence-corrected chi connectivity index (χ3v) is 7.03. The minimum Gasteiger partial charge on any atom is -0.357 e. The molecule has 12 heteroatoms. The van der Waals surface area contributed by atoms with E-state index in [1.165, 1.54) is 37.1 Å². The number of likely N-dealkylation sites (N-methyl/N-ethyl adjacent to an activating group) is 1. The highest BCUT2D eigenvalue weighted by Crippen LogP contribution is 2.31. The molecule has 32 heavy (non-hydrogen) atoms. The van der Waals surface area contributed by atoms with Crippen molar-refractivity contribution in [2.24, 2.45) is 0 Å². The van der Waals surface area contributed by atoms with E-state index in [1.54, 1.807) is 18.2 Å². The minimum atomic E-state index is -3.92. The van der Waals surface area contributed by atoms with Crippen LogP contribution in [0.3, 0.4) is 0 Å². The smallest absolute Gasteiger partial charge is 0.244 e. The normalized spacial score (nSPS) is 12.2. The van der Waals surface area contributed by atoms with E-state index in [4.69, 9.17) is 46.4 Å². The predicted octanol–water partition coefficient (Wildman–Crippen LogP) is 4.23. The summed E-state index contributed by atoms with van der Waals surface area (Å²) in [6.07, 6.45) is 0.947. The molecule has 2 aromatic rings. The number of benzene rings is 2. The van der Waals surface area contributed by atoms with Crippen LogP contribution < -0.4 is 9.62 Å². The Hall–Kier alpha value is -1.71. The van der Waals surface area contributed by atoms with E-state index in [0.717, 1.165) is 10.6 Å². The lowest BCUT2D eigenvalue weighted by Crippen LogP contribution is -2.50. The topological polar surface area (TPSA) is 86.8 Å². The third kappa shape index (κ3) is 6.65. The second-order valence-corrected chi connectivity index (χ2v) is 10.5. The molecule has 0 saturated carbocycles. The van der Waals surface area contributed by atoms with Crippen molar-refractivity contribution < 1.29 is 18.0 Å². The summed E-state index contributed by atoms with van der Waals surface area (Å²) < 4.78 is 25.8. The molecule has 0 saturated heterocycles. The van der Waals surface area contributed by atoms with Gasteiger partial charge in [-0.2, -0.15) is 0 Å². The van der Waals surface area contributed by atoms with Gasteiger partial charge in [-0.1, -0.05) is 52.5 Å². The lowest BCUT2D eigenvalue weighted by molar-refractivity contribution is -0.139. The van der Waals surface area contributed by atoms with Crippen molar-refractivity contribution in [2.75, 3.05) is 24.2 Å². The quantitative estimate of drug-likeness (QED) is 0.542. The molecule has 0 fully saturated rings. The first-order valence-electron chi connectivity index (χ1n) is 9.23. The summed E-state index contributed by atoms with van der Waals surface area (Å²) in [6, 6.07) is 8.18. The number of carbonyl (C=O) groups is 2. The highest BCUT2D eigenvalue weighted by atomic mass is 35.5. The average molecular weight is 541 g/mol. The molecule has 0 bridgehead atoms. The van der Waals surface area contributed by atoms with E-state index in [0.29, 0.717) is 10.6 Å². The average Bonchev–Trinajstić information content (AvgIpc) is 2.72. The van der Waals surface area contributed by atoms with Crippen molar-refractivity contribution in [3.63, 3.8) is 0 Å². The van der Waals surface area contributed by atoms with Gasteiger partial charge in [-0.15, -0.1) is 0 Å². The van der Waals surface area contributed by atoms with Crippen LogP contribution in [-0.4, -0.2) is 51.0 Å². The number of halogens is 4. The second kappa shape index (κ2) is 10.9. The Kier molecular flexibility index (Phi) is 9.07. The highest BCUT2D eigenvalue weighted by Gasteiger charge is 2.30. The zero-order valence-electron chi connectivity index (χ0n) is 17.4. The maximum Gasteiger partial charge on any atom is 0.244 e. The molecule has 2 amide bonds. The fraction of sp³-hybridized carbons (Fsp3) is 0.300. The SMILES string of the molecule is CNC(=O)C(C)N(Cc1ccc(Cl)c(Cl)c1)C(=O)CN(c1cc(Cl)ccc1Cl)S(C)(=O)=O. The Morgan fingerprint density at radius 1 is 1.00 bits per heavy atom. The molecule has 0 aliphatic rings. The van der Waals surface area contributed by atoms with E-state index in [-0.39, 0.29) is 27.3 Å². The van der Waals surface area contributed by atoms with Gasteiger partial charge in [-0.3, -0.25) is 13.9 Å². The second-order valence-electron chi connectivity index (χ2n) is 6.93. The number of amides is 2. The van der Waals surface area contributed by atoms with Gasteiger partial charge in [0.15, 0.2) is 0 Å². The number of nitrogens with one attached hydrogen (secondary N) is 1. The summed E-state index contributed by atoms with van der Waals surface area (Å²) in [5.74, 6) is -1.06. The molecule has 2 rings (SSSR count). The molecule has 0 aromatic heterocycles. The summed E-state index contributed by atoms with van der Waals surface area (Å²) in [6.45, 7) is 0.929. The lowest BCUT2D eigenvalue weighted by Gasteiger charge is -2.31.